The van der Waals surface area contributed by atoms with Crippen molar-refractivity contribution in [2.45, 2.75) is 39.2 Å². The van der Waals surface area contributed by atoms with Crippen molar-refractivity contribution in [2.75, 3.05) is 39.9 Å². The number of hydrogen-bond donors (Lipinski definition) is 2. The molecule has 0 aromatic rings. The van der Waals surface area contributed by atoms with Gasteiger partial charge in [-0.3, -0.25) is 4.79 Å². The van der Waals surface area contributed by atoms with Crippen LogP contribution in [0.15, 0.2) is 0 Å². The van der Waals surface area contributed by atoms with E-state index in [1.165, 1.54) is 0 Å². The normalized spacial score (nSPS) is 14.7. The molecule has 0 bridgehead atoms. The molecular formula is C13H28N2O3. The molecule has 0 aliphatic rings. The number of aliphatic carboxylic acids is 1. The van der Waals surface area contributed by atoms with E-state index in [0.717, 1.165) is 32.7 Å². The number of carboxylic acids is 1. The Morgan fingerprint density at radius 1 is 1.39 bits per heavy atom. The van der Waals surface area contributed by atoms with Crippen LogP contribution in [0.25, 0.3) is 0 Å². The van der Waals surface area contributed by atoms with E-state index in [4.69, 9.17) is 4.74 Å². The van der Waals surface area contributed by atoms with E-state index in [-0.39, 0.29) is 0 Å². The first-order valence-corrected chi connectivity index (χ1v) is 6.71. The second-order valence-electron chi connectivity index (χ2n) is 4.77. The summed E-state index contributed by atoms with van der Waals surface area (Å²) in [7, 11) is 2.03. The predicted octanol–water partition coefficient (Wildman–Crippen LogP) is 1.19. The molecule has 5 nitrogen and oxygen atoms in total. The zero-order valence-corrected chi connectivity index (χ0v) is 12.2. The van der Waals surface area contributed by atoms with Gasteiger partial charge in [-0.25, -0.2) is 0 Å². The van der Waals surface area contributed by atoms with Crippen LogP contribution < -0.4 is 5.32 Å². The van der Waals surface area contributed by atoms with Gasteiger partial charge in [-0.15, -0.1) is 0 Å². The van der Waals surface area contributed by atoms with Crippen LogP contribution in [0.4, 0.5) is 0 Å². The molecule has 0 fully saturated rings. The predicted molar refractivity (Wildman–Crippen MR) is 72.9 cm³/mol. The number of ether oxygens (including phenoxy) is 1. The molecular weight excluding hydrogens is 232 g/mol. The Morgan fingerprint density at radius 3 is 2.56 bits per heavy atom. The zero-order chi connectivity index (χ0) is 14.0. The second kappa shape index (κ2) is 9.30. The van der Waals surface area contributed by atoms with Crippen LogP contribution in [-0.2, 0) is 9.53 Å². The van der Waals surface area contributed by atoms with Gasteiger partial charge in [0.05, 0.1) is 6.61 Å². The summed E-state index contributed by atoms with van der Waals surface area (Å²) >= 11 is 0. The Balaban J connectivity index is 3.88. The minimum Gasteiger partial charge on any atom is -0.480 e. The Hall–Kier alpha value is -0.650. The molecule has 108 valence electrons. The number of carboxylic acid groups (broad SMARTS) is 1. The molecule has 0 radical (unpaired) electrons. The lowest BCUT2D eigenvalue weighted by Gasteiger charge is -2.26. The average molecular weight is 260 g/mol. The molecule has 0 aliphatic carbocycles. The molecule has 0 aromatic carbocycles. The summed E-state index contributed by atoms with van der Waals surface area (Å²) in [4.78, 5) is 13.4. The minimum atomic E-state index is -0.810. The number of carbonyl (C=O) groups is 1. The van der Waals surface area contributed by atoms with E-state index in [2.05, 4.69) is 10.2 Å². The molecule has 0 aliphatic heterocycles. The van der Waals surface area contributed by atoms with Crippen LogP contribution in [-0.4, -0.2) is 61.4 Å². The standard InChI is InChI=1S/C13H28N2O3/c1-5-14-13(3,12(16)17)8-7-9-15(4)10-11-18-6-2/h14H,5-11H2,1-4H3,(H,16,17). The summed E-state index contributed by atoms with van der Waals surface area (Å²) in [6.07, 6.45) is 1.49. The number of nitrogens with one attached hydrogen (secondary N) is 1. The third-order valence-corrected chi connectivity index (χ3v) is 3.08. The van der Waals surface area contributed by atoms with E-state index in [1.54, 1.807) is 6.92 Å². The topological polar surface area (TPSA) is 61.8 Å². The summed E-state index contributed by atoms with van der Waals surface area (Å²) in [6, 6.07) is 0. The summed E-state index contributed by atoms with van der Waals surface area (Å²) < 4.78 is 5.28. The van der Waals surface area contributed by atoms with Gasteiger partial charge in [0.15, 0.2) is 0 Å². The van der Waals surface area contributed by atoms with E-state index >= 15 is 0 Å². The highest BCUT2D eigenvalue weighted by Gasteiger charge is 2.31. The van der Waals surface area contributed by atoms with Gasteiger partial charge in [-0.2, -0.15) is 0 Å². The summed E-state index contributed by atoms with van der Waals surface area (Å²) in [5, 5.41) is 12.2. The molecule has 0 heterocycles. The van der Waals surface area contributed by atoms with Crippen LogP contribution in [0.1, 0.15) is 33.6 Å². The van der Waals surface area contributed by atoms with Gasteiger partial charge in [0.2, 0.25) is 0 Å². The third-order valence-electron chi connectivity index (χ3n) is 3.08. The number of rotatable bonds is 11. The third kappa shape index (κ3) is 6.93. The van der Waals surface area contributed by atoms with Crippen LogP contribution in [0, 0.1) is 0 Å². The van der Waals surface area contributed by atoms with Crippen molar-refractivity contribution < 1.29 is 14.6 Å². The second-order valence-corrected chi connectivity index (χ2v) is 4.77. The Morgan fingerprint density at radius 2 is 2.06 bits per heavy atom. The highest BCUT2D eigenvalue weighted by molar-refractivity contribution is 5.78. The molecule has 2 N–H and O–H groups in total. The first kappa shape index (κ1) is 17.4. The SMILES string of the molecule is CCNC(C)(CCCN(C)CCOCC)C(=O)O. The maximum atomic E-state index is 11.2. The fraction of sp³-hybridized carbons (Fsp3) is 0.923. The molecule has 0 rings (SSSR count). The molecule has 0 aromatic heterocycles. The number of nitrogens with zero attached hydrogens (tertiary/aromatic N) is 1. The highest BCUT2D eigenvalue weighted by Crippen LogP contribution is 2.12. The molecule has 5 heteroatoms. The van der Waals surface area contributed by atoms with Crippen molar-refractivity contribution in [3.05, 3.63) is 0 Å². The Labute approximate surface area is 110 Å². The van der Waals surface area contributed by atoms with Crippen molar-refractivity contribution in [1.29, 1.82) is 0 Å². The van der Waals surface area contributed by atoms with Gasteiger partial charge >= 0.3 is 5.97 Å². The lowest BCUT2D eigenvalue weighted by molar-refractivity contribution is -0.144. The summed E-state index contributed by atoms with van der Waals surface area (Å²) in [6.45, 7) is 9.58. The highest BCUT2D eigenvalue weighted by atomic mass is 16.5. The molecule has 18 heavy (non-hydrogen) atoms. The van der Waals surface area contributed by atoms with E-state index in [1.807, 2.05) is 20.9 Å². The first-order chi connectivity index (χ1) is 8.46. The van der Waals surface area contributed by atoms with Crippen molar-refractivity contribution in [2.24, 2.45) is 0 Å². The summed E-state index contributed by atoms with van der Waals surface area (Å²) in [5.41, 5.74) is -0.810. The molecule has 0 saturated heterocycles. The molecule has 1 unspecified atom stereocenters. The maximum absolute atomic E-state index is 11.2. The molecule has 0 amide bonds. The largest absolute Gasteiger partial charge is 0.480 e. The molecule has 0 saturated carbocycles. The van der Waals surface area contributed by atoms with Crippen LogP contribution in [0.5, 0.6) is 0 Å². The fourth-order valence-corrected chi connectivity index (χ4v) is 1.84. The van der Waals surface area contributed by atoms with E-state index in [9.17, 15) is 9.90 Å². The lowest BCUT2D eigenvalue weighted by atomic mass is 9.96. The number of likely N-dealkylation sites (N-methyl/N-ethyl adjacent to an activating group) is 2. The van der Waals surface area contributed by atoms with Gasteiger partial charge in [-0.05, 0) is 46.8 Å². The smallest absolute Gasteiger partial charge is 0.323 e. The Bertz CT molecular complexity index is 236. The fourth-order valence-electron chi connectivity index (χ4n) is 1.84. The molecule has 1 atom stereocenters. The summed E-state index contributed by atoms with van der Waals surface area (Å²) in [5.74, 6) is -0.777. The van der Waals surface area contributed by atoms with Gasteiger partial charge in [-0.1, -0.05) is 6.92 Å². The quantitative estimate of drug-likeness (QED) is 0.546. The van der Waals surface area contributed by atoms with Crippen molar-refractivity contribution in [3.63, 3.8) is 0 Å². The van der Waals surface area contributed by atoms with Crippen LogP contribution in [0.2, 0.25) is 0 Å². The zero-order valence-electron chi connectivity index (χ0n) is 12.2. The molecule has 0 spiro atoms. The van der Waals surface area contributed by atoms with Gasteiger partial charge in [0.1, 0.15) is 5.54 Å². The van der Waals surface area contributed by atoms with Gasteiger partial charge in [0, 0.05) is 13.2 Å². The maximum Gasteiger partial charge on any atom is 0.323 e. The van der Waals surface area contributed by atoms with Crippen LogP contribution >= 0.6 is 0 Å². The Kier molecular flexibility index (Phi) is 8.97. The van der Waals surface area contributed by atoms with E-state index in [0.29, 0.717) is 13.0 Å². The average Bonchev–Trinajstić information content (AvgIpc) is 2.29. The lowest BCUT2D eigenvalue weighted by Crippen LogP contribution is -2.49. The number of hydrogen-bond acceptors (Lipinski definition) is 4. The first-order valence-electron chi connectivity index (χ1n) is 6.71. The van der Waals surface area contributed by atoms with Crippen molar-refractivity contribution in [3.8, 4) is 0 Å². The van der Waals surface area contributed by atoms with Crippen molar-refractivity contribution in [1.82, 2.24) is 10.2 Å². The van der Waals surface area contributed by atoms with Gasteiger partial charge in [0.25, 0.3) is 0 Å². The van der Waals surface area contributed by atoms with Crippen molar-refractivity contribution >= 4 is 5.97 Å². The monoisotopic (exact) mass is 260 g/mol. The minimum absolute atomic E-state index is 0.634. The van der Waals surface area contributed by atoms with E-state index < -0.39 is 11.5 Å². The van der Waals surface area contributed by atoms with Gasteiger partial charge < -0.3 is 20.1 Å². The van der Waals surface area contributed by atoms with Crippen LogP contribution in [0.3, 0.4) is 0 Å².